The third-order valence-corrected chi connectivity index (χ3v) is 4.86. The van der Waals surface area contributed by atoms with Gasteiger partial charge in [0, 0.05) is 0 Å². The predicted molar refractivity (Wildman–Crippen MR) is 114 cm³/mol. The van der Waals surface area contributed by atoms with E-state index >= 15 is 0 Å². The van der Waals surface area contributed by atoms with Gasteiger partial charge in [-0.15, -0.1) is 0 Å². The van der Waals surface area contributed by atoms with Crippen LogP contribution in [0.15, 0.2) is 24.3 Å². The van der Waals surface area contributed by atoms with E-state index in [-0.39, 0.29) is 0 Å². The zero-order valence-corrected chi connectivity index (χ0v) is 17.2. The van der Waals surface area contributed by atoms with Crippen LogP contribution < -0.4 is 9.47 Å². The van der Waals surface area contributed by atoms with Gasteiger partial charge >= 0.3 is 0 Å². The highest BCUT2D eigenvalue weighted by Crippen LogP contribution is 2.30. The van der Waals surface area contributed by atoms with Crippen molar-refractivity contribution in [2.45, 2.75) is 65.2 Å². The average molecular weight is 385 g/mol. The molecule has 0 unspecified atom stereocenters. The van der Waals surface area contributed by atoms with Crippen molar-refractivity contribution in [2.75, 3.05) is 13.2 Å². The average Bonchev–Trinajstić information content (AvgIpc) is 2.72. The maximum absolute atomic E-state index is 11.5. The third-order valence-electron chi connectivity index (χ3n) is 4.86. The number of rotatable bonds is 14. The van der Waals surface area contributed by atoms with Crippen molar-refractivity contribution in [3.8, 4) is 11.5 Å². The molecule has 4 nitrogen and oxygen atoms in total. The molecule has 2 rings (SSSR count). The minimum atomic E-state index is 0.507. The second kappa shape index (κ2) is 12.2. The van der Waals surface area contributed by atoms with Crippen LogP contribution in [-0.4, -0.2) is 25.8 Å². The van der Waals surface area contributed by atoms with Gasteiger partial charge in [0.1, 0.15) is 11.5 Å². The fraction of sp³-hybridized carbons (Fsp3) is 0.500. The molecule has 0 atom stereocenters. The van der Waals surface area contributed by atoms with Gasteiger partial charge in [0.25, 0.3) is 0 Å². The first-order valence-corrected chi connectivity index (χ1v) is 10.5. The summed E-state index contributed by atoms with van der Waals surface area (Å²) in [5.74, 6) is 1.18. The van der Waals surface area contributed by atoms with E-state index in [0.29, 0.717) is 35.8 Å². The second-order valence-corrected chi connectivity index (χ2v) is 7.18. The van der Waals surface area contributed by atoms with E-state index < -0.39 is 0 Å². The number of unbranched alkanes of at least 4 members (excludes halogenated alkanes) is 6. The molecule has 0 heterocycles. The first-order chi connectivity index (χ1) is 13.7. The summed E-state index contributed by atoms with van der Waals surface area (Å²) in [6.45, 7) is 5.54. The molecule has 0 saturated heterocycles. The van der Waals surface area contributed by atoms with Crippen molar-refractivity contribution < 1.29 is 19.1 Å². The quantitative estimate of drug-likeness (QED) is 0.280. The Morgan fingerprint density at radius 3 is 1.46 bits per heavy atom. The smallest absolute Gasteiger partial charge is 0.153 e. The minimum Gasteiger partial charge on any atom is -0.493 e. The monoisotopic (exact) mass is 384 g/mol. The van der Waals surface area contributed by atoms with Crippen LogP contribution in [0.25, 0.3) is 10.8 Å². The SMILES string of the molecule is CCCCCCOc1cc2cc(OCCCCCC)c(C=O)cc2cc1C=O. The number of hydrogen-bond donors (Lipinski definition) is 0. The molecule has 0 saturated carbocycles. The molecular weight excluding hydrogens is 352 g/mol. The predicted octanol–water partition coefficient (Wildman–Crippen LogP) is 6.38. The molecule has 152 valence electrons. The van der Waals surface area contributed by atoms with Crippen molar-refractivity contribution in [1.29, 1.82) is 0 Å². The van der Waals surface area contributed by atoms with Crippen LogP contribution in [-0.2, 0) is 0 Å². The number of fused-ring (bicyclic) bond motifs is 1. The van der Waals surface area contributed by atoms with Gasteiger partial charge in [0.05, 0.1) is 24.3 Å². The Kier molecular flexibility index (Phi) is 9.53. The number of carbonyl (C=O) groups is 2. The van der Waals surface area contributed by atoms with E-state index in [2.05, 4.69) is 13.8 Å². The summed E-state index contributed by atoms with van der Waals surface area (Å²) in [6.07, 6.45) is 10.5. The number of hydrogen-bond acceptors (Lipinski definition) is 4. The molecule has 4 heteroatoms. The third kappa shape index (κ3) is 6.36. The minimum absolute atomic E-state index is 0.507. The molecule has 28 heavy (non-hydrogen) atoms. The number of aldehydes is 2. The van der Waals surface area contributed by atoms with E-state index in [0.717, 1.165) is 49.0 Å². The van der Waals surface area contributed by atoms with Crippen LogP contribution >= 0.6 is 0 Å². The summed E-state index contributed by atoms with van der Waals surface area (Å²) in [5.41, 5.74) is 1.01. The first kappa shape index (κ1) is 21.9. The van der Waals surface area contributed by atoms with Crippen molar-refractivity contribution in [1.82, 2.24) is 0 Å². The molecule has 0 bridgehead atoms. The van der Waals surface area contributed by atoms with Crippen LogP contribution in [0, 0.1) is 0 Å². The van der Waals surface area contributed by atoms with Crippen molar-refractivity contribution >= 4 is 23.3 Å². The fourth-order valence-electron chi connectivity index (χ4n) is 3.20. The maximum Gasteiger partial charge on any atom is 0.153 e. The summed E-state index contributed by atoms with van der Waals surface area (Å²) in [7, 11) is 0. The lowest BCUT2D eigenvalue weighted by atomic mass is 10.0. The molecule has 0 N–H and O–H groups in total. The van der Waals surface area contributed by atoms with E-state index in [1.807, 2.05) is 12.1 Å². The lowest BCUT2D eigenvalue weighted by molar-refractivity contribution is 0.111. The molecule has 2 aromatic carbocycles. The van der Waals surface area contributed by atoms with Crippen LogP contribution in [0.4, 0.5) is 0 Å². The zero-order chi connectivity index (χ0) is 20.2. The topological polar surface area (TPSA) is 52.6 Å². The molecule has 0 radical (unpaired) electrons. The Morgan fingerprint density at radius 2 is 1.07 bits per heavy atom. The molecule has 0 aliphatic carbocycles. The van der Waals surface area contributed by atoms with Gasteiger partial charge in [-0.25, -0.2) is 0 Å². The van der Waals surface area contributed by atoms with Gasteiger partial charge < -0.3 is 9.47 Å². The zero-order valence-electron chi connectivity index (χ0n) is 17.2. The van der Waals surface area contributed by atoms with E-state index in [1.54, 1.807) is 12.1 Å². The summed E-state index contributed by atoms with van der Waals surface area (Å²) in [4.78, 5) is 23.0. The molecule has 0 aromatic heterocycles. The van der Waals surface area contributed by atoms with Gasteiger partial charge in [0.2, 0.25) is 0 Å². The molecule has 0 amide bonds. The van der Waals surface area contributed by atoms with Crippen LogP contribution in [0.1, 0.15) is 85.9 Å². The number of ether oxygens (including phenoxy) is 2. The van der Waals surface area contributed by atoms with Gasteiger partial charge in [-0.05, 0) is 47.9 Å². The van der Waals surface area contributed by atoms with Gasteiger partial charge in [-0.1, -0.05) is 52.4 Å². The first-order valence-electron chi connectivity index (χ1n) is 10.5. The Labute approximate surface area is 168 Å². The van der Waals surface area contributed by atoms with Crippen molar-refractivity contribution in [3.63, 3.8) is 0 Å². The molecule has 0 aliphatic rings. The lowest BCUT2D eigenvalue weighted by Gasteiger charge is -2.13. The molecule has 2 aromatic rings. The van der Waals surface area contributed by atoms with E-state index in [1.165, 1.54) is 25.7 Å². The Balaban J connectivity index is 2.17. The van der Waals surface area contributed by atoms with Gasteiger partial charge in [-0.2, -0.15) is 0 Å². The van der Waals surface area contributed by atoms with Gasteiger partial charge in [0.15, 0.2) is 12.6 Å². The summed E-state index contributed by atoms with van der Waals surface area (Å²) >= 11 is 0. The summed E-state index contributed by atoms with van der Waals surface area (Å²) < 4.78 is 11.7. The maximum atomic E-state index is 11.5. The molecule has 0 fully saturated rings. The number of carbonyl (C=O) groups excluding carboxylic acids is 2. The Morgan fingerprint density at radius 1 is 0.643 bits per heavy atom. The summed E-state index contributed by atoms with van der Waals surface area (Å²) in [5, 5.41) is 1.74. The van der Waals surface area contributed by atoms with Crippen LogP contribution in [0.2, 0.25) is 0 Å². The molecule has 0 aliphatic heterocycles. The second-order valence-electron chi connectivity index (χ2n) is 7.18. The fourth-order valence-corrected chi connectivity index (χ4v) is 3.20. The standard InChI is InChI=1S/C24H32O4/c1-3-5-7-9-11-27-23-15-20-16-24(28-12-10-8-6-4-2)22(18-26)14-19(20)13-21(23)17-25/h13-18H,3-12H2,1-2H3. The Bertz CT molecular complexity index is 706. The highest BCUT2D eigenvalue weighted by atomic mass is 16.5. The van der Waals surface area contributed by atoms with Crippen LogP contribution in [0.3, 0.4) is 0 Å². The van der Waals surface area contributed by atoms with Crippen molar-refractivity contribution in [2.24, 2.45) is 0 Å². The van der Waals surface area contributed by atoms with Crippen LogP contribution in [0.5, 0.6) is 11.5 Å². The Hall–Kier alpha value is -2.36. The van der Waals surface area contributed by atoms with Crippen molar-refractivity contribution in [3.05, 3.63) is 35.4 Å². The lowest BCUT2D eigenvalue weighted by Crippen LogP contribution is -2.02. The van der Waals surface area contributed by atoms with E-state index in [9.17, 15) is 9.59 Å². The molecular formula is C24H32O4. The largest absolute Gasteiger partial charge is 0.493 e. The highest BCUT2D eigenvalue weighted by molar-refractivity contribution is 5.96. The van der Waals surface area contributed by atoms with E-state index in [4.69, 9.17) is 9.47 Å². The summed E-state index contributed by atoms with van der Waals surface area (Å²) in [6, 6.07) is 7.30. The number of benzene rings is 2. The molecule has 0 spiro atoms. The normalized spacial score (nSPS) is 10.8. The van der Waals surface area contributed by atoms with Gasteiger partial charge in [-0.3, -0.25) is 9.59 Å². The highest BCUT2D eigenvalue weighted by Gasteiger charge is 2.11.